The average molecular weight is 253 g/mol. The number of nitrogens with zero attached hydrogens (tertiary/aromatic N) is 1. The molecule has 0 saturated carbocycles. The zero-order valence-corrected chi connectivity index (χ0v) is 10.7. The third kappa shape index (κ3) is 3.68. The Morgan fingerprint density at radius 3 is 2.94 bits per heavy atom. The molecule has 1 saturated heterocycles. The fraction of sp³-hybridized carbons (Fsp3) is 0.571. The van der Waals surface area contributed by atoms with E-state index in [0.717, 1.165) is 19.4 Å². The molecule has 0 radical (unpaired) electrons. The molecular formula is C14H20FNO2. The molecule has 0 aliphatic carbocycles. The molecule has 4 heteroatoms. The van der Waals surface area contributed by atoms with Crippen LogP contribution in [0, 0.1) is 5.82 Å². The molecule has 0 bridgehead atoms. The summed E-state index contributed by atoms with van der Waals surface area (Å²) in [6.07, 6.45) is 1.84. The number of likely N-dealkylation sites (tertiary alicyclic amines) is 1. The molecule has 0 spiro atoms. The van der Waals surface area contributed by atoms with Crippen molar-refractivity contribution in [2.45, 2.75) is 25.4 Å². The van der Waals surface area contributed by atoms with Crippen LogP contribution in [0.25, 0.3) is 0 Å². The van der Waals surface area contributed by atoms with Gasteiger partial charge in [0, 0.05) is 13.1 Å². The maximum Gasteiger partial charge on any atom is 0.165 e. The Kier molecular flexibility index (Phi) is 4.19. The fourth-order valence-corrected chi connectivity index (χ4v) is 2.36. The summed E-state index contributed by atoms with van der Waals surface area (Å²) >= 11 is 0. The highest BCUT2D eigenvalue weighted by Crippen LogP contribution is 2.20. The molecule has 1 unspecified atom stereocenters. The number of para-hydroxylation sites is 1. The van der Waals surface area contributed by atoms with Gasteiger partial charge in [-0.3, -0.25) is 4.90 Å². The Morgan fingerprint density at radius 2 is 2.22 bits per heavy atom. The third-order valence-electron chi connectivity index (χ3n) is 3.26. The minimum absolute atomic E-state index is 0.293. The second kappa shape index (κ2) is 5.67. The van der Waals surface area contributed by atoms with Gasteiger partial charge in [0.25, 0.3) is 0 Å². The second-order valence-corrected chi connectivity index (χ2v) is 5.16. The van der Waals surface area contributed by atoms with Crippen molar-refractivity contribution >= 4 is 0 Å². The predicted octanol–water partition coefficient (Wildman–Crippen LogP) is 2.05. The Morgan fingerprint density at radius 1 is 1.44 bits per heavy atom. The molecule has 1 aromatic carbocycles. The average Bonchev–Trinajstić information content (AvgIpc) is 2.30. The van der Waals surface area contributed by atoms with Gasteiger partial charge in [0.05, 0.1) is 5.60 Å². The van der Waals surface area contributed by atoms with E-state index in [4.69, 9.17) is 4.74 Å². The molecule has 1 aromatic rings. The van der Waals surface area contributed by atoms with Crippen molar-refractivity contribution in [1.29, 1.82) is 0 Å². The van der Waals surface area contributed by atoms with Crippen LogP contribution in [0.5, 0.6) is 5.75 Å². The van der Waals surface area contributed by atoms with Crippen LogP contribution in [-0.2, 0) is 0 Å². The number of β-amino-alcohol motifs (C(OH)–C–C–N with tert-alkyl or cyclic N) is 1. The summed E-state index contributed by atoms with van der Waals surface area (Å²) in [7, 11) is 0. The van der Waals surface area contributed by atoms with Gasteiger partial charge in [-0.2, -0.15) is 0 Å². The van der Waals surface area contributed by atoms with Crippen LogP contribution < -0.4 is 4.74 Å². The molecule has 1 atom stereocenters. The number of benzene rings is 1. The molecular weight excluding hydrogens is 233 g/mol. The number of piperidine rings is 1. The SMILES string of the molecule is CC1(O)CCCN(CCOc2ccccc2F)C1. The third-order valence-corrected chi connectivity index (χ3v) is 3.26. The summed E-state index contributed by atoms with van der Waals surface area (Å²) in [4.78, 5) is 2.16. The molecule has 18 heavy (non-hydrogen) atoms. The van der Waals surface area contributed by atoms with E-state index in [2.05, 4.69) is 4.90 Å². The summed E-state index contributed by atoms with van der Waals surface area (Å²) in [6.45, 7) is 4.64. The number of hydrogen-bond acceptors (Lipinski definition) is 3. The first-order valence-corrected chi connectivity index (χ1v) is 6.39. The van der Waals surface area contributed by atoms with Crippen LogP contribution in [-0.4, -0.2) is 41.8 Å². The summed E-state index contributed by atoms with van der Waals surface area (Å²) in [5.41, 5.74) is -0.601. The molecule has 0 amide bonds. The molecule has 2 rings (SSSR count). The van der Waals surface area contributed by atoms with E-state index in [1.165, 1.54) is 6.07 Å². The van der Waals surface area contributed by atoms with Crippen molar-refractivity contribution in [1.82, 2.24) is 4.90 Å². The van der Waals surface area contributed by atoms with Crippen LogP contribution in [0.15, 0.2) is 24.3 Å². The van der Waals surface area contributed by atoms with Gasteiger partial charge < -0.3 is 9.84 Å². The van der Waals surface area contributed by atoms with E-state index in [-0.39, 0.29) is 5.82 Å². The lowest BCUT2D eigenvalue weighted by Gasteiger charge is -2.36. The van der Waals surface area contributed by atoms with Crippen molar-refractivity contribution < 1.29 is 14.2 Å². The van der Waals surface area contributed by atoms with Gasteiger partial charge in [-0.25, -0.2) is 4.39 Å². The smallest absolute Gasteiger partial charge is 0.165 e. The van der Waals surface area contributed by atoms with Crippen molar-refractivity contribution in [3.05, 3.63) is 30.1 Å². The highest BCUT2D eigenvalue weighted by atomic mass is 19.1. The Hall–Kier alpha value is -1.13. The van der Waals surface area contributed by atoms with Crippen LogP contribution in [0.4, 0.5) is 4.39 Å². The van der Waals surface area contributed by atoms with Crippen molar-refractivity contribution in [2.75, 3.05) is 26.2 Å². The highest BCUT2D eigenvalue weighted by molar-refractivity contribution is 5.23. The fourth-order valence-electron chi connectivity index (χ4n) is 2.36. The van der Waals surface area contributed by atoms with E-state index < -0.39 is 5.60 Å². The molecule has 1 aliphatic heterocycles. The van der Waals surface area contributed by atoms with E-state index in [1.54, 1.807) is 18.2 Å². The van der Waals surface area contributed by atoms with Gasteiger partial charge in [0.2, 0.25) is 0 Å². The zero-order chi connectivity index (χ0) is 13.0. The summed E-state index contributed by atoms with van der Waals surface area (Å²) in [6, 6.07) is 6.41. The van der Waals surface area contributed by atoms with Crippen LogP contribution in [0.1, 0.15) is 19.8 Å². The van der Waals surface area contributed by atoms with E-state index >= 15 is 0 Å². The van der Waals surface area contributed by atoms with Crippen molar-refractivity contribution in [2.24, 2.45) is 0 Å². The van der Waals surface area contributed by atoms with E-state index in [9.17, 15) is 9.50 Å². The summed E-state index contributed by atoms with van der Waals surface area (Å²) in [5.74, 6) is -0.0376. The van der Waals surface area contributed by atoms with Gasteiger partial charge in [-0.15, -0.1) is 0 Å². The lowest BCUT2D eigenvalue weighted by atomic mass is 9.95. The first-order chi connectivity index (χ1) is 8.57. The maximum absolute atomic E-state index is 13.3. The number of halogens is 1. The maximum atomic E-state index is 13.3. The molecule has 1 N–H and O–H groups in total. The summed E-state index contributed by atoms with van der Waals surface area (Å²) in [5, 5.41) is 9.96. The quantitative estimate of drug-likeness (QED) is 0.891. The van der Waals surface area contributed by atoms with Gasteiger partial charge in [-0.1, -0.05) is 12.1 Å². The Labute approximate surface area is 107 Å². The van der Waals surface area contributed by atoms with E-state index in [0.29, 0.717) is 25.4 Å². The second-order valence-electron chi connectivity index (χ2n) is 5.16. The van der Waals surface area contributed by atoms with Crippen LogP contribution in [0.2, 0.25) is 0 Å². The van der Waals surface area contributed by atoms with Crippen molar-refractivity contribution in [3.63, 3.8) is 0 Å². The predicted molar refractivity (Wildman–Crippen MR) is 68.2 cm³/mol. The van der Waals surface area contributed by atoms with Gasteiger partial charge in [0.15, 0.2) is 11.6 Å². The lowest BCUT2D eigenvalue weighted by molar-refractivity contribution is -0.0184. The monoisotopic (exact) mass is 253 g/mol. The largest absolute Gasteiger partial charge is 0.489 e. The molecule has 100 valence electrons. The molecule has 0 aromatic heterocycles. The Bertz CT molecular complexity index is 395. The van der Waals surface area contributed by atoms with Gasteiger partial charge >= 0.3 is 0 Å². The number of ether oxygens (including phenoxy) is 1. The molecule has 1 heterocycles. The van der Waals surface area contributed by atoms with Gasteiger partial charge in [-0.05, 0) is 38.4 Å². The topological polar surface area (TPSA) is 32.7 Å². The molecule has 1 fully saturated rings. The van der Waals surface area contributed by atoms with Crippen LogP contribution in [0.3, 0.4) is 0 Å². The first kappa shape index (κ1) is 13.3. The van der Waals surface area contributed by atoms with E-state index in [1.807, 2.05) is 6.92 Å². The number of hydrogen-bond donors (Lipinski definition) is 1. The lowest BCUT2D eigenvalue weighted by Crippen LogP contribution is -2.47. The Balaban J connectivity index is 1.77. The minimum atomic E-state index is -0.601. The molecule has 1 aliphatic rings. The van der Waals surface area contributed by atoms with Crippen molar-refractivity contribution in [3.8, 4) is 5.75 Å². The number of rotatable bonds is 4. The van der Waals surface area contributed by atoms with Crippen LogP contribution >= 0.6 is 0 Å². The standard InChI is InChI=1S/C14H20FNO2/c1-14(17)7-4-8-16(11-14)9-10-18-13-6-3-2-5-12(13)15/h2-3,5-6,17H,4,7-11H2,1H3. The normalized spacial score (nSPS) is 25.1. The summed E-state index contributed by atoms with van der Waals surface area (Å²) < 4.78 is 18.7. The first-order valence-electron chi connectivity index (χ1n) is 6.39. The highest BCUT2D eigenvalue weighted by Gasteiger charge is 2.27. The minimum Gasteiger partial charge on any atom is -0.489 e. The van der Waals surface area contributed by atoms with Gasteiger partial charge in [0.1, 0.15) is 6.61 Å². The molecule has 3 nitrogen and oxygen atoms in total. The zero-order valence-electron chi connectivity index (χ0n) is 10.7. The number of aliphatic hydroxyl groups is 1.